The predicted molar refractivity (Wildman–Crippen MR) is 134 cm³/mol. The Morgan fingerprint density at radius 1 is 0.789 bits per heavy atom. The lowest BCUT2D eigenvalue weighted by Crippen LogP contribution is -2.47. The summed E-state index contributed by atoms with van der Waals surface area (Å²) in [5.74, 6) is -5.57. The third kappa shape index (κ3) is 7.79. The molecular formula is C27H26N2O9. The van der Waals surface area contributed by atoms with Gasteiger partial charge in [-0.05, 0) is 34.0 Å². The molecule has 11 heteroatoms. The number of hydrogen-bond acceptors (Lipinski definition) is 6. The monoisotopic (exact) mass is 522 g/mol. The fourth-order valence-corrected chi connectivity index (χ4v) is 3.73. The molecule has 0 aromatic heterocycles. The van der Waals surface area contributed by atoms with Gasteiger partial charge >= 0.3 is 17.9 Å². The SMILES string of the molecule is O=C(O)CCC(=O)N[C@@H](Cc1ccc(OC(C(=O)O)C(=O)O)cc1)C(=O)NCc1cccc2ccccc12. The minimum atomic E-state index is -2.08. The number of benzene rings is 3. The molecular weight excluding hydrogens is 496 g/mol. The van der Waals surface area contributed by atoms with Gasteiger partial charge in [-0.25, -0.2) is 9.59 Å². The Morgan fingerprint density at radius 2 is 1.45 bits per heavy atom. The van der Waals surface area contributed by atoms with Crippen molar-refractivity contribution in [1.82, 2.24) is 10.6 Å². The zero-order valence-corrected chi connectivity index (χ0v) is 20.1. The largest absolute Gasteiger partial charge is 0.481 e. The minimum Gasteiger partial charge on any atom is -0.481 e. The van der Waals surface area contributed by atoms with Gasteiger partial charge in [0, 0.05) is 19.4 Å². The molecule has 3 aromatic carbocycles. The number of carboxylic acids is 3. The number of ether oxygens (including phenoxy) is 1. The smallest absolute Gasteiger partial charge is 0.356 e. The number of carbonyl (C=O) groups is 5. The summed E-state index contributed by atoms with van der Waals surface area (Å²) in [6, 6.07) is 18.1. The van der Waals surface area contributed by atoms with E-state index >= 15 is 0 Å². The van der Waals surface area contributed by atoms with Crippen LogP contribution in [0.2, 0.25) is 0 Å². The van der Waals surface area contributed by atoms with Crippen LogP contribution < -0.4 is 15.4 Å². The van der Waals surface area contributed by atoms with Crippen molar-refractivity contribution in [2.45, 2.75) is 38.0 Å². The maximum Gasteiger partial charge on any atom is 0.356 e. The third-order valence-electron chi connectivity index (χ3n) is 5.62. The highest BCUT2D eigenvalue weighted by Gasteiger charge is 2.28. The predicted octanol–water partition coefficient (Wildman–Crippen LogP) is 1.96. The molecule has 0 aliphatic carbocycles. The van der Waals surface area contributed by atoms with Crippen LogP contribution in [0.3, 0.4) is 0 Å². The number of rotatable bonds is 13. The van der Waals surface area contributed by atoms with E-state index in [1.54, 1.807) is 0 Å². The van der Waals surface area contributed by atoms with Crippen molar-refractivity contribution in [2.24, 2.45) is 0 Å². The van der Waals surface area contributed by atoms with E-state index < -0.39 is 48.3 Å². The molecule has 0 aliphatic rings. The highest BCUT2D eigenvalue weighted by molar-refractivity contribution is 5.96. The first-order chi connectivity index (χ1) is 18.1. The second kappa shape index (κ2) is 12.9. The van der Waals surface area contributed by atoms with Gasteiger partial charge in [0.05, 0.1) is 6.42 Å². The number of carbonyl (C=O) groups excluding carboxylic acids is 2. The second-order valence-electron chi connectivity index (χ2n) is 8.39. The molecule has 0 radical (unpaired) electrons. The fourth-order valence-electron chi connectivity index (χ4n) is 3.73. The molecule has 0 spiro atoms. The van der Waals surface area contributed by atoms with Gasteiger partial charge in [0.25, 0.3) is 6.10 Å². The lowest BCUT2D eigenvalue weighted by atomic mass is 10.0. The normalized spacial score (nSPS) is 11.5. The van der Waals surface area contributed by atoms with Crippen LogP contribution in [0.1, 0.15) is 24.0 Å². The summed E-state index contributed by atoms with van der Waals surface area (Å²) < 4.78 is 4.98. The number of fused-ring (bicyclic) bond motifs is 1. The van der Waals surface area contributed by atoms with E-state index in [1.807, 2.05) is 42.5 Å². The van der Waals surface area contributed by atoms with Crippen LogP contribution >= 0.6 is 0 Å². The Hall–Kier alpha value is -4.93. The van der Waals surface area contributed by atoms with Gasteiger partial charge in [-0.2, -0.15) is 0 Å². The van der Waals surface area contributed by atoms with Crippen LogP contribution in [0.15, 0.2) is 66.7 Å². The molecule has 3 aromatic rings. The molecule has 0 saturated carbocycles. The van der Waals surface area contributed by atoms with Crippen LogP contribution in [-0.4, -0.2) is 57.2 Å². The quantitative estimate of drug-likeness (QED) is 0.210. The average molecular weight is 523 g/mol. The second-order valence-corrected chi connectivity index (χ2v) is 8.39. The Kier molecular flexibility index (Phi) is 9.36. The fraction of sp³-hybridized carbons (Fsp3) is 0.222. The summed E-state index contributed by atoms with van der Waals surface area (Å²) in [6.45, 7) is 0.195. The molecule has 3 rings (SSSR count). The van der Waals surface area contributed by atoms with Gasteiger partial charge < -0.3 is 30.7 Å². The van der Waals surface area contributed by atoms with Crippen LogP contribution in [-0.2, 0) is 36.9 Å². The first kappa shape index (κ1) is 27.7. The number of aliphatic carboxylic acids is 3. The summed E-state index contributed by atoms with van der Waals surface area (Å²) in [5.41, 5.74) is 1.43. The van der Waals surface area contributed by atoms with E-state index in [2.05, 4.69) is 10.6 Å². The average Bonchev–Trinajstić information content (AvgIpc) is 2.89. The summed E-state index contributed by atoms with van der Waals surface area (Å²) >= 11 is 0. The molecule has 0 heterocycles. The first-order valence-electron chi connectivity index (χ1n) is 11.6. The summed E-state index contributed by atoms with van der Waals surface area (Å²) in [4.78, 5) is 58.3. The van der Waals surface area contributed by atoms with Crippen LogP contribution in [0.25, 0.3) is 10.8 Å². The number of carboxylic acid groups (broad SMARTS) is 3. The number of nitrogens with one attached hydrogen (secondary N) is 2. The van der Waals surface area contributed by atoms with Gasteiger partial charge in [0.1, 0.15) is 11.8 Å². The maximum atomic E-state index is 13.1. The van der Waals surface area contributed by atoms with Gasteiger partial charge in [-0.3, -0.25) is 14.4 Å². The summed E-state index contributed by atoms with van der Waals surface area (Å²) in [6.07, 6.45) is -2.75. The highest BCUT2D eigenvalue weighted by atomic mass is 16.5. The van der Waals surface area contributed by atoms with E-state index in [0.717, 1.165) is 16.3 Å². The molecule has 0 aliphatic heterocycles. The lowest BCUT2D eigenvalue weighted by molar-refractivity contribution is -0.159. The first-order valence-corrected chi connectivity index (χ1v) is 11.6. The molecule has 11 nitrogen and oxygen atoms in total. The third-order valence-corrected chi connectivity index (χ3v) is 5.62. The van der Waals surface area contributed by atoms with Crippen molar-refractivity contribution in [3.63, 3.8) is 0 Å². The Morgan fingerprint density at radius 3 is 2.11 bits per heavy atom. The number of amides is 2. The van der Waals surface area contributed by atoms with Gasteiger partial charge in [-0.15, -0.1) is 0 Å². The summed E-state index contributed by atoms with van der Waals surface area (Å²) in [5, 5.41) is 34.1. The van der Waals surface area contributed by atoms with E-state index in [4.69, 9.17) is 20.1 Å². The van der Waals surface area contributed by atoms with Crippen molar-refractivity contribution in [1.29, 1.82) is 0 Å². The van der Waals surface area contributed by atoms with E-state index in [0.29, 0.717) is 5.56 Å². The molecule has 38 heavy (non-hydrogen) atoms. The van der Waals surface area contributed by atoms with Crippen molar-refractivity contribution < 1.29 is 44.0 Å². The van der Waals surface area contributed by atoms with Gasteiger partial charge in [0.15, 0.2) is 0 Å². The number of hydrogen-bond donors (Lipinski definition) is 5. The van der Waals surface area contributed by atoms with Gasteiger partial charge in [-0.1, -0.05) is 54.6 Å². The molecule has 0 unspecified atom stereocenters. The van der Waals surface area contributed by atoms with Crippen molar-refractivity contribution in [2.75, 3.05) is 0 Å². The highest BCUT2D eigenvalue weighted by Crippen LogP contribution is 2.19. The summed E-state index contributed by atoms with van der Waals surface area (Å²) in [7, 11) is 0. The van der Waals surface area contributed by atoms with Crippen molar-refractivity contribution in [3.05, 3.63) is 77.9 Å². The van der Waals surface area contributed by atoms with E-state index in [1.165, 1.54) is 24.3 Å². The standard InChI is InChI=1S/C27H26N2O9/c30-22(12-13-23(31)32)29-21(14-16-8-10-19(11-9-16)38-24(26(34)35)27(36)37)25(33)28-15-18-6-3-5-17-4-1-2-7-20(17)18/h1-11,21,24H,12-15H2,(H,28,33)(H,29,30)(H,31,32)(H,34,35)(H,36,37)/t21-/m0/s1. The lowest BCUT2D eigenvalue weighted by Gasteiger charge is -2.19. The molecule has 0 fully saturated rings. The molecule has 1 atom stereocenters. The Balaban J connectivity index is 1.73. The minimum absolute atomic E-state index is 0.00833. The zero-order chi connectivity index (χ0) is 27.7. The topological polar surface area (TPSA) is 179 Å². The van der Waals surface area contributed by atoms with E-state index in [-0.39, 0.29) is 25.1 Å². The van der Waals surface area contributed by atoms with Crippen molar-refractivity contribution in [3.8, 4) is 5.75 Å². The molecule has 0 saturated heterocycles. The molecule has 198 valence electrons. The van der Waals surface area contributed by atoms with Gasteiger partial charge in [0.2, 0.25) is 11.8 Å². The van der Waals surface area contributed by atoms with E-state index in [9.17, 15) is 24.0 Å². The van der Waals surface area contributed by atoms with Crippen molar-refractivity contribution >= 4 is 40.5 Å². The Labute approximate surface area is 217 Å². The maximum absolute atomic E-state index is 13.1. The molecule has 5 N–H and O–H groups in total. The molecule has 2 amide bonds. The Bertz CT molecular complexity index is 1320. The van der Waals surface area contributed by atoms with Crippen LogP contribution in [0, 0.1) is 0 Å². The zero-order valence-electron chi connectivity index (χ0n) is 20.1. The molecule has 0 bridgehead atoms. The van der Waals surface area contributed by atoms with Crippen LogP contribution in [0.5, 0.6) is 5.75 Å². The van der Waals surface area contributed by atoms with Crippen LogP contribution in [0.4, 0.5) is 0 Å².